The molecule has 0 aliphatic carbocycles. The highest BCUT2D eigenvalue weighted by atomic mass is 32.1. The first-order valence-corrected chi connectivity index (χ1v) is 10.4. The van der Waals surface area contributed by atoms with Crippen molar-refractivity contribution in [1.82, 2.24) is 4.98 Å². The third kappa shape index (κ3) is 4.77. The highest BCUT2D eigenvalue weighted by molar-refractivity contribution is 7.09. The van der Waals surface area contributed by atoms with Gasteiger partial charge in [-0.2, -0.15) is 0 Å². The Morgan fingerprint density at radius 2 is 1.93 bits per heavy atom. The van der Waals surface area contributed by atoms with Gasteiger partial charge in [0.25, 0.3) is 0 Å². The van der Waals surface area contributed by atoms with Crippen LogP contribution in [-0.2, 0) is 16.0 Å². The second-order valence-corrected chi connectivity index (χ2v) is 7.63. The molecule has 0 radical (unpaired) electrons. The van der Waals surface area contributed by atoms with Gasteiger partial charge in [0.05, 0.1) is 23.9 Å². The monoisotopic (exact) mass is 393 g/mol. The van der Waals surface area contributed by atoms with Crippen molar-refractivity contribution in [2.75, 3.05) is 36.5 Å². The van der Waals surface area contributed by atoms with Crippen molar-refractivity contribution in [3.63, 3.8) is 0 Å². The van der Waals surface area contributed by atoms with Crippen LogP contribution in [0.1, 0.15) is 11.4 Å². The van der Waals surface area contributed by atoms with Gasteiger partial charge in [-0.1, -0.05) is 36.4 Å². The van der Waals surface area contributed by atoms with E-state index in [1.165, 1.54) is 0 Å². The minimum absolute atomic E-state index is 0.00980. The summed E-state index contributed by atoms with van der Waals surface area (Å²) in [6.45, 7) is 3.25. The number of nitrogens with one attached hydrogen (secondary N) is 1. The molecule has 1 N–H and O–H groups in total. The lowest BCUT2D eigenvalue weighted by atomic mass is 10.2. The molecule has 5 nitrogen and oxygen atoms in total. The van der Waals surface area contributed by atoms with Crippen molar-refractivity contribution in [2.24, 2.45) is 0 Å². The SMILES string of the molecule is O=C(CCc1nc(-c2ccccc2)cs1)Nc1cccc(N2CCOCC2)c1. The molecule has 1 aliphatic heterocycles. The highest BCUT2D eigenvalue weighted by Gasteiger charge is 2.12. The molecule has 0 bridgehead atoms. The van der Waals surface area contributed by atoms with Crippen molar-refractivity contribution in [1.29, 1.82) is 0 Å². The molecule has 0 spiro atoms. The Morgan fingerprint density at radius 3 is 2.75 bits per heavy atom. The van der Waals surface area contributed by atoms with Crippen LogP contribution in [0.3, 0.4) is 0 Å². The van der Waals surface area contributed by atoms with Crippen LogP contribution in [0.2, 0.25) is 0 Å². The molecule has 28 heavy (non-hydrogen) atoms. The van der Waals surface area contributed by atoms with Crippen LogP contribution >= 0.6 is 11.3 Å². The molecule has 6 heteroatoms. The number of nitrogens with zero attached hydrogens (tertiary/aromatic N) is 2. The van der Waals surface area contributed by atoms with Gasteiger partial charge in [-0.05, 0) is 18.2 Å². The molecular weight excluding hydrogens is 370 g/mol. The predicted molar refractivity (Wildman–Crippen MR) is 114 cm³/mol. The van der Waals surface area contributed by atoms with E-state index >= 15 is 0 Å². The maximum absolute atomic E-state index is 12.4. The smallest absolute Gasteiger partial charge is 0.224 e. The third-order valence-electron chi connectivity index (χ3n) is 4.69. The zero-order valence-electron chi connectivity index (χ0n) is 15.6. The van der Waals surface area contributed by atoms with E-state index in [1.807, 2.05) is 53.9 Å². The minimum Gasteiger partial charge on any atom is -0.378 e. The van der Waals surface area contributed by atoms with Gasteiger partial charge in [-0.3, -0.25) is 4.79 Å². The molecule has 1 fully saturated rings. The Balaban J connectivity index is 1.32. The number of amides is 1. The zero-order valence-corrected chi connectivity index (χ0v) is 16.5. The summed E-state index contributed by atoms with van der Waals surface area (Å²) in [5.41, 5.74) is 4.03. The second-order valence-electron chi connectivity index (χ2n) is 6.69. The molecular formula is C22H23N3O2S. The summed E-state index contributed by atoms with van der Waals surface area (Å²) >= 11 is 1.60. The summed E-state index contributed by atoms with van der Waals surface area (Å²) in [6.07, 6.45) is 1.07. The number of ether oxygens (including phenoxy) is 1. The summed E-state index contributed by atoms with van der Waals surface area (Å²) < 4.78 is 5.40. The van der Waals surface area contributed by atoms with Gasteiger partial charge in [0.1, 0.15) is 0 Å². The number of hydrogen-bond donors (Lipinski definition) is 1. The second kappa shape index (κ2) is 8.99. The molecule has 1 saturated heterocycles. The van der Waals surface area contributed by atoms with Crippen LogP contribution in [0.4, 0.5) is 11.4 Å². The Bertz CT molecular complexity index is 920. The van der Waals surface area contributed by atoms with Crippen LogP contribution in [-0.4, -0.2) is 37.2 Å². The highest BCUT2D eigenvalue weighted by Crippen LogP contribution is 2.23. The summed E-state index contributed by atoms with van der Waals surface area (Å²) in [5, 5.41) is 6.04. The maximum atomic E-state index is 12.4. The number of thiazole rings is 1. The van der Waals surface area contributed by atoms with E-state index in [-0.39, 0.29) is 5.91 Å². The van der Waals surface area contributed by atoms with Crippen LogP contribution in [0.5, 0.6) is 0 Å². The number of aromatic nitrogens is 1. The molecule has 0 saturated carbocycles. The van der Waals surface area contributed by atoms with Gasteiger partial charge in [0, 0.05) is 48.2 Å². The van der Waals surface area contributed by atoms with Crippen LogP contribution < -0.4 is 10.2 Å². The molecule has 144 valence electrons. The number of aryl methyl sites for hydroxylation is 1. The predicted octanol–water partition coefficient (Wildman–Crippen LogP) is 4.22. The van der Waals surface area contributed by atoms with E-state index in [0.717, 1.165) is 53.9 Å². The number of hydrogen-bond acceptors (Lipinski definition) is 5. The molecule has 0 unspecified atom stereocenters. The van der Waals surface area contributed by atoms with Crippen molar-refractivity contribution in [3.8, 4) is 11.3 Å². The van der Waals surface area contributed by atoms with E-state index < -0.39 is 0 Å². The van der Waals surface area contributed by atoms with Crippen LogP contribution in [0, 0.1) is 0 Å². The van der Waals surface area contributed by atoms with Crippen molar-refractivity contribution >= 4 is 28.6 Å². The lowest BCUT2D eigenvalue weighted by Gasteiger charge is -2.29. The number of anilines is 2. The molecule has 4 rings (SSSR count). The molecule has 2 aromatic carbocycles. The van der Waals surface area contributed by atoms with E-state index in [2.05, 4.69) is 21.3 Å². The van der Waals surface area contributed by atoms with Gasteiger partial charge in [-0.15, -0.1) is 11.3 Å². The third-order valence-corrected chi connectivity index (χ3v) is 5.60. The Labute approximate surface area is 169 Å². The summed E-state index contributed by atoms with van der Waals surface area (Å²) in [6, 6.07) is 18.1. The van der Waals surface area contributed by atoms with Gasteiger partial charge in [0.15, 0.2) is 0 Å². The largest absolute Gasteiger partial charge is 0.378 e. The van der Waals surface area contributed by atoms with E-state index in [9.17, 15) is 4.79 Å². The standard InChI is InChI=1S/C22H23N3O2S/c26-21(9-10-22-24-20(16-28-22)17-5-2-1-3-6-17)23-18-7-4-8-19(15-18)25-11-13-27-14-12-25/h1-8,15-16H,9-14H2,(H,23,26). The van der Waals surface area contributed by atoms with E-state index in [4.69, 9.17) is 4.74 Å². The molecule has 0 atom stereocenters. The van der Waals surface area contributed by atoms with Gasteiger partial charge in [0.2, 0.25) is 5.91 Å². The molecule has 2 heterocycles. The summed E-state index contributed by atoms with van der Waals surface area (Å²) in [7, 11) is 0. The van der Waals surface area contributed by atoms with Crippen molar-refractivity contribution in [2.45, 2.75) is 12.8 Å². The van der Waals surface area contributed by atoms with Gasteiger partial charge in [-0.25, -0.2) is 4.98 Å². The number of benzene rings is 2. The lowest BCUT2D eigenvalue weighted by molar-refractivity contribution is -0.116. The van der Waals surface area contributed by atoms with Crippen LogP contribution in [0.25, 0.3) is 11.3 Å². The average Bonchev–Trinajstić information content (AvgIpc) is 3.23. The van der Waals surface area contributed by atoms with E-state index in [0.29, 0.717) is 12.8 Å². The Kier molecular flexibility index (Phi) is 5.99. The number of morpholine rings is 1. The molecule has 1 aliphatic rings. The molecule has 3 aromatic rings. The maximum Gasteiger partial charge on any atom is 0.224 e. The lowest BCUT2D eigenvalue weighted by Crippen LogP contribution is -2.36. The first kappa shape index (κ1) is 18.7. The quantitative estimate of drug-likeness (QED) is 0.681. The fourth-order valence-electron chi connectivity index (χ4n) is 3.21. The number of carbonyl (C=O) groups excluding carboxylic acids is 1. The normalized spacial score (nSPS) is 14.1. The van der Waals surface area contributed by atoms with Crippen molar-refractivity contribution in [3.05, 3.63) is 65.0 Å². The first-order chi connectivity index (χ1) is 13.8. The molecule has 1 amide bonds. The first-order valence-electron chi connectivity index (χ1n) is 9.50. The fraction of sp³-hybridized carbons (Fsp3) is 0.273. The average molecular weight is 394 g/mol. The number of carbonyl (C=O) groups is 1. The van der Waals surface area contributed by atoms with Crippen molar-refractivity contribution < 1.29 is 9.53 Å². The fourth-order valence-corrected chi connectivity index (χ4v) is 4.02. The zero-order chi connectivity index (χ0) is 19.2. The summed E-state index contributed by atoms with van der Waals surface area (Å²) in [5.74, 6) is 0.00980. The summed E-state index contributed by atoms with van der Waals surface area (Å²) in [4.78, 5) is 19.3. The van der Waals surface area contributed by atoms with E-state index in [1.54, 1.807) is 11.3 Å². The minimum atomic E-state index is 0.00980. The van der Waals surface area contributed by atoms with Gasteiger partial charge < -0.3 is 15.0 Å². The Morgan fingerprint density at radius 1 is 1.11 bits per heavy atom. The van der Waals surface area contributed by atoms with Crippen LogP contribution in [0.15, 0.2) is 60.0 Å². The Hall–Kier alpha value is -2.70. The van der Waals surface area contributed by atoms with Gasteiger partial charge >= 0.3 is 0 Å². The number of rotatable bonds is 6. The molecule has 1 aromatic heterocycles. The topological polar surface area (TPSA) is 54.5 Å².